The average Bonchev–Trinajstić information content (AvgIpc) is 3.15. The molecule has 0 saturated heterocycles. The van der Waals surface area contributed by atoms with Crippen LogP contribution in [0.3, 0.4) is 0 Å². The van der Waals surface area contributed by atoms with Gasteiger partial charge in [0, 0.05) is 18.0 Å². The second kappa shape index (κ2) is 6.68. The molecule has 1 unspecified atom stereocenters. The number of nitrogens with zero attached hydrogens (tertiary/aromatic N) is 3. The second-order valence-corrected chi connectivity index (χ2v) is 6.86. The minimum atomic E-state index is 0.0321. The van der Waals surface area contributed by atoms with Crippen molar-refractivity contribution in [2.45, 2.75) is 57.5 Å². The Bertz CT molecular complexity index is 570. The first-order valence-corrected chi connectivity index (χ1v) is 8.56. The summed E-state index contributed by atoms with van der Waals surface area (Å²) in [7, 11) is 0. The minimum Gasteiger partial charge on any atom is -0.271 e. The Balaban J connectivity index is 1.68. The Morgan fingerprint density at radius 1 is 1.43 bits per heavy atom. The molecule has 0 amide bonds. The third-order valence-corrected chi connectivity index (χ3v) is 5.01. The molecule has 2 aromatic rings. The number of hydrazine groups is 1. The Labute approximate surface area is 129 Å². The van der Waals surface area contributed by atoms with Gasteiger partial charge in [0.05, 0.1) is 28.5 Å². The normalized spacial score (nSPS) is 18.0. The molecular formula is C15H23N5S. The lowest BCUT2D eigenvalue weighted by molar-refractivity contribution is 0.327. The fourth-order valence-electron chi connectivity index (χ4n) is 3.03. The van der Waals surface area contributed by atoms with E-state index >= 15 is 0 Å². The molecule has 114 valence electrons. The Morgan fingerprint density at radius 2 is 2.24 bits per heavy atom. The van der Waals surface area contributed by atoms with Gasteiger partial charge in [-0.25, -0.2) is 4.98 Å². The van der Waals surface area contributed by atoms with Crippen molar-refractivity contribution in [2.24, 2.45) is 5.84 Å². The van der Waals surface area contributed by atoms with E-state index in [1.165, 1.54) is 32.1 Å². The van der Waals surface area contributed by atoms with E-state index in [4.69, 9.17) is 10.9 Å². The van der Waals surface area contributed by atoms with Crippen LogP contribution in [0.5, 0.6) is 0 Å². The van der Waals surface area contributed by atoms with Crippen molar-refractivity contribution in [2.75, 3.05) is 0 Å². The number of nitrogens with two attached hydrogens (primary N) is 1. The number of hydrogen-bond acceptors (Lipinski definition) is 5. The molecule has 0 aliphatic heterocycles. The molecule has 21 heavy (non-hydrogen) atoms. The third-order valence-electron chi connectivity index (χ3n) is 4.22. The van der Waals surface area contributed by atoms with Gasteiger partial charge in [-0.15, -0.1) is 11.3 Å². The molecule has 0 radical (unpaired) electrons. The molecule has 2 heterocycles. The van der Waals surface area contributed by atoms with Gasteiger partial charge in [0.15, 0.2) is 0 Å². The van der Waals surface area contributed by atoms with Crippen molar-refractivity contribution in [3.63, 3.8) is 0 Å². The molecule has 1 aliphatic rings. The zero-order valence-corrected chi connectivity index (χ0v) is 13.3. The molecule has 0 spiro atoms. The maximum atomic E-state index is 5.69. The molecule has 0 bridgehead atoms. The van der Waals surface area contributed by atoms with Crippen molar-refractivity contribution < 1.29 is 0 Å². The molecule has 1 atom stereocenters. The summed E-state index contributed by atoms with van der Waals surface area (Å²) in [6.07, 6.45) is 9.42. The second-order valence-electron chi connectivity index (χ2n) is 5.79. The van der Waals surface area contributed by atoms with Crippen LogP contribution in [-0.2, 0) is 6.42 Å². The lowest BCUT2D eigenvalue weighted by atomic mass is 9.96. The number of nitrogens with one attached hydrogen (secondary N) is 1. The van der Waals surface area contributed by atoms with Gasteiger partial charge in [0.1, 0.15) is 0 Å². The van der Waals surface area contributed by atoms with Crippen LogP contribution in [0.1, 0.15) is 60.6 Å². The van der Waals surface area contributed by atoms with Gasteiger partial charge < -0.3 is 0 Å². The molecule has 0 aromatic carbocycles. The summed E-state index contributed by atoms with van der Waals surface area (Å²) in [5.41, 5.74) is 4.95. The lowest BCUT2D eigenvalue weighted by Crippen LogP contribution is -2.30. The van der Waals surface area contributed by atoms with Crippen LogP contribution in [0, 0.1) is 6.92 Å². The molecule has 1 aliphatic carbocycles. The van der Waals surface area contributed by atoms with E-state index in [0.717, 1.165) is 22.8 Å². The van der Waals surface area contributed by atoms with Crippen LogP contribution >= 0.6 is 11.3 Å². The summed E-state index contributed by atoms with van der Waals surface area (Å²) in [5.74, 6) is 5.69. The van der Waals surface area contributed by atoms with Crippen LogP contribution in [0.4, 0.5) is 0 Å². The highest BCUT2D eigenvalue weighted by atomic mass is 32.1. The van der Waals surface area contributed by atoms with E-state index in [9.17, 15) is 0 Å². The summed E-state index contributed by atoms with van der Waals surface area (Å²) >= 11 is 1.65. The van der Waals surface area contributed by atoms with Crippen molar-refractivity contribution in [3.8, 4) is 0 Å². The maximum absolute atomic E-state index is 5.69. The fraction of sp³-hybridized carbons (Fsp3) is 0.600. The quantitative estimate of drug-likeness (QED) is 0.658. The van der Waals surface area contributed by atoms with Gasteiger partial charge in [0.2, 0.25) is 0 Å². The van der Waals surface area contributed by atoms with Gasteiger partial charge >= 0.3 is 0 Å². The molecule has 6 heteroatoms. The SMILES string of the molecule is Cc1nc(C(Cc2ccn(C3CCCCC3)n2)NN)cs1. The van der Waals surface area contributed by atoms with Crippen molar-refractivity contribution in [3.05, 3.63) is 34.0 Å². The Hall–Kier alpha value is -1.24. The summed E-state index contributed by atoms with van der Waals surface area (Å²) in [6, 6.07) is 2.72. The molecule has 2 aromatic heterocycles. The number of aryl methyl sites for hydroxylation is 1. The highest BCUT2D eigenvalue weighted by Crippen LogP contribution is 2.28. The number of thiazole rings is 1. The largest absolute Gasteiger partial charge is 0.271 e. The maximum Gasteiger partial charge on any atom is 0.0898 e. The Morgan fingerprint density at radius 3 is 2.90 bits per heavy atom. The van der Waals surface area contributed by atoms with Crippen LogP contribution in [0.25, 0.3) is 0 Å². The summed E-state index contributed by atoms with van der Waals surface area (Å²) in [4.78, 5) is 4.52. The van der Waals surface area contributed by atoms with E-state index in [-0.39, 0.29) is 6.04 Å². The van der Waals surface area contributed by atoms with Crippen molar-refractivity contribution in [1.82, 2.24) is 20.2 Å². The highest BCUT2D eigenvalue weighted by Gasteiger charge is 2.18. The molecule has 5 nitrogen and oxygen atoms in total. The number of hydrogen-bond donors (Lipinski definition) is 2. The first-order valence-electron chi connectivity index (χ1n) is 7.68. The van der Waals surface area contributed by atoms with E-state index in [2.05, 4.69) is 32.7 Å². The van der Waals surface area contributed by atoms with E-state index in [1.54, 1.807) is 11.3 Å². The number of aromatic nitrogens is 3. The standard InChI is InChI=1S/C15H23N5S/c1-11-17-15(10-21-11)14(18-16)9-12-7-8-20(19-12)13-5-3-2-4-6-13/h7-8,10,13-14,18H,2-6,9,16H2,1H3. The molecule has 1 fully saturated rings. The van der Waals surface area contributed by atoms with Crippen molar-refractivity contribution >= 4 is 11.3 Å². The summed E-state index contributed by atoms with van der Waals surface area (Å²) < 4.78 is 2.15. The summed E-state index contributed by atoms with van der Waals surface area (Å²) in [5, 5.41) is 7.89. The first kappa shape index (κ1) is 14.7. The van der Waals surface area contributed by atoms with Crippen LogP contribution in [0.15, 0.2) is 17.6 Å². The van der Waals surface area contributed by atoms with Crippen LogP contribution in [-0.4, -0.2) is 14.8 Å². The van der Waals surface area contributed by atoms with Crippen LogP contribution in [0.2, 0.25) is 0 Å². The minimum absolute atomic E-state index is 0.0321. The lowest BCUT2D eigenvalue weighted by Gasteiger charge is -2.21. The zero-order chi connectivity index (χ0) is 14.7. The van der Waals surface area contributed by atoms with E-state index in [1.807, 2.05) is 6.92 Å². The molecular weight excluding hydrogens is 282 g/mol. The molecule has 1 saturated carbocycles. The average molecular weight is 305 g/mol. The van der Waals surface area contributed by atoms with E-state index in [0.29, 0.717) is 6.04 Å². The topological polar surface area (TPSA) is 68.8 Å². The first-order chi connectivity index (χ1) is 10.3. The van der Waals surface area contributed by atoms with E-state index < -0.39 is 0 Å². The smallest absolute Gasteiger partial charge is 0.0898 e. The van der Waals surface area contributed by atoms with Gasteiger partial charge in [0.25, 0.3) is 0 Å². The van der Waals surface area contributed by atoms with Gasteiger partial charge in [-0.3, -0.25) is 16.0 Å². The molecule has 3 N–H and O–H groups in total. The summed E-state index contributed by atoms with van der Waals surface area (Å²) in [6.45, 7) is 2.01. The zero-order valence-electron chi connectivity index (χ0n) is 12.5. The molecule has 3 rings (SSSR count). The predicted octanol–water partition coefficient (Wildman–Crippen LogP) is 2.90. The van der Waals surface area contributed by atoms with Gasteiger partial charge in [-0.1, -0.05) is 19.3 Å². The Kier molecular flexibility index (Phi) is 4.67. The highest BCUT2D eigenvalue weighted by molar-refractivity contribution is 7.09. The van der Waals surface area contributed by atoms with Crippen molar-refractivity contribution in [1.29, 1.82) is 0 Å². The van der Waals surface area contributed by atoms with Crippen LogP contribution < -0.4 is 11.3 Å². The predicted molar refractivity (Wildman–Crippen MR) is 85.0 cm³/mol. The monoisotopic (exact) mass is 305 g/mol. The fourth-order valence-corrected chi connectivity index (χ4v) is 3.70. The van der Waals surface area contributed by atoms with Gasteiger partial charge in [-0.2, -0.15) is 5.10 Å². The number of rotatable bonds is 5. The van der Waals surface area contributed by atoms with Gasteiger partial charge in [-0.05, 0) is 25.8 Å². The third kappa shape index (κ3) is 3.51.